The summed E-state index contributed by atoms with van der Waals surface area (Å²) in [5.74, 6) is -0.0366. The van der Waals surface area contributed by atoms with Crippen LogP contribution in [0.15, 0.2) is 23.7 Å². The number of aromatic nitrogens is 1. The van der Waals surface area contributed by atoms with Crippen LogP contribution in [-0.4, -0.2) is 17.5 Å². The molecule has 1 aromatic carbocycles. The molecule has 1 amide bonds. The number of benzene rings is 1. The molecule has 4 nitrogen and oxygen atoms in total. The monoisotopic (exact) mass is 316 g/mol. The molecule has 2 aromatic rings. The number of nitrogens with zero attached hydrogens (tertiary/aromatic N) is 1. The minimum absolute atomic E-state index is 0.287. The average molecular weight is 317 g/mol. The normalized spacial score (nSPS) is 10.3. The second-order valence-corrected chi connectivity index (χ2v) is 5.23. The molecule has 0 unspecified atom stereocenters. The summed E-state index contributed by atoms with van der Waals surface area (Å²) in [6.07, 6.45) is 1.61. The van der Waals surface area contributed by atoms with Crippen molar-refractivity contribution < 1.29 is 9.53 Å². The highest BCUT2D eigenvalue weighted by Crippen LogP contribution is 2.33. The third-order valence-electron chi connectivity index (χ3n) is 2.19. The van der Waals surface area contributed by atoms with Crippen molar-refractivity contribution in [1.82, 2.24) is 4.98 Å². The molecular weight excluding hydrogens is 307 g/mol. The molecule has 0 radical (unpaired) electrons. The second kappa shape index (κ2) is 6.23. The fraction of sp³-hybridized carbons (Fsp3) is 0.167. The molecule has 19 heavy (non-hydrogen) atoms. The van der Waals surface area contributed by atoms with Crippen molar-refractivity contribution in [1.29, 1.82) is 0 Å². The van der Waals surface area contributed by atoms with E-state index >= 15 is 0 Å². The number of rotatable bonds is 4. The SMILES string of the molecule is CCOc1c(Cl)cc(Cl)cc1C(=O)Nc1nccs1. The Hall–Kier alpha value is -1.30. The predicted octanol–water partition coefficient (Wildman–Crippen LogP) is 4.10. The van der Waals surface area contributed by atoms with Crippen molar-refractivity contribution in [3.63, 3.8) is 0 Å². The van der Waals surface area contributed by atoms with E-state index in [1.807, 2.05) is 6.92 Å². The van der Waals surface area contributed by atoms with Gasteiger partial charge in [-0.15, -0.1) is 11.3 Å². The Morgan fingerprint density at radius 3 is 2.89 bits per heavy atom. The van der Waals surface area contributed by atoms with Gasteiger partial charge in [-0.2, -0.15) is 0 Å². The lowest BCUT2D eigenvalue weighted by Gasteiger charge is -2.11. The van der Waals surface area contributed by atoms with Crippen LogP contribution >= 0.6 is 34.5 Å². The fourth-order valence-corrected chi connectivity index (χ4v) is 2.54. The van der Waals surface area contributed by atoms with Gasteiger partial charge in [-0.3, -0.25) is 10.1 Å². The summed E-state index contributed by atoms with van der Waals surface area (Å²) in [6.45, 7) is 2.21. The van der Waals surface area contributed by atoms with Crippen LogP contribution in [0.25, 0.3) is 0 Å². The lowest BCUT2D eigenvalue weighted by Crippen LogP contribution is -2.14. The smallest absolute Gasteiger partial charge is 0.261 e. The summed E-state index contributed by atoms with van der Waals surface area (Å²) in [6, 6.07) is 3.05. The van der Waals surface area contributed by atoms with Crippen LogP contribution in [0.2, 0.25) is 10.0 Å². The van der Waals surface area contributed by atoms with Crippen molar-refractivity contribution in [2.24, 2.45) is 0 Å². The molecule has 2 rings (SSSR count). The Kier molecular flexibility index (Phi) is 4.63. The average Bonchev–Trinajstić information content (AvgIpc) is 2.85. The molecule has 0 bridgehead atoms. The molecule has 0 atom stereocenters. The van der Waals surface area contributed by atoms with Crippen LogP contribution in [0.3, 0.4) is 0 Å². The summed E-state index contributed by atoms with van der Waals surface area (Å²) >= 11 is 13.3. The van der Waals surface area contributed by atoms with Gasteiger partial charge in [0, 0.05) is 16.6 Å². The third-order valence-corrected chi connectivity index (χ3v) is 3.38. The molecule has 0 saturated heterocycles. The van der Waals surface area contributed by atoms with Crippen LogP contribution in [0.4, 0.5) is 5.13 Å². The van der Waals surface area contributed by atoms with Crippen molar-refractivity contribution in [3.05, 3.63) is 39.3 Å². The lowest BCUT2D eigenvalue weighted by atomic mass is 10.2. The largest absolute Gasteiger partial charge is 0.491 e. The van der Waals surface area contributed by atoms with Gasteiger partial charge in [-0.25, -0.2) is 4.98 Å². The van der Waals surface area contributed by atoms with E-state index in [1.165, 1.54) is 23.5 Å². The molecule has 0 aliphatic heterocycles. The zero-order valence-corrected chi connectivity index (χ0v) is 12.3. The Morgan fingerprint density at radius 1 is 1.47 bits per heavy atom. The van der Waals surface area contributed by atoms with Crippen LogP contribution in [0, 0.1) is 0 Å². The maximum absolute atomic E-state index is 12.2. The number of amides is 1. The Bertz CT molecular complexity index is 588. The minimum Gasteiger partial charge on any atom is -0.491 e. The van der Waals surface area contributed by atoms with Gasteiger partial charge in [-0.05, 0) is 19.1 Å². The summed E-state index contributed by atoms with van der Waals surface area (Å²) < 4.78 is 5.39. The van der Waals surface area contributed by atoms with Gasteiger partial charge >= 0.3 is 0 Å². The van der Waals surface area contributed by atoms with Crippen LogP contribution < -0.4 is 10.1 Å². The molecule has 0 spiro atoms. The maximum atomic E-state index is 12.2. The quantitative estimate of drug-likeness (QED) is 0.923. The van der Waals surface area contributed by atoms with Gasteiger partial charge < -0.3 is 4.74 Å². The summed E-state index contributed by atoms with van der Waals surface area (Å²) in [7, 11) is 0. The van der Waals surface area contributed by atoms with Gasteiger partial charge in [0.15, 0.2) is 10.9 Å². The molecule has 0 fully saturated rings. The molecule has 0 aliphatic carbocycles. The highest BCUT2D eigenvalue weighted by atomic mass is 35.5. The van der Waals surface area contributed by atoms with E-state index < -0.39 is 0 Å². The number of hydrogen-bond donors (Lipinski definition) is 1. The lowest BCUT2D eigenvalue weighted by molar-refractivity contribution is 0.102. The van der Waals surface area contributed by atoms with E-state index in [1.54, 1.807) is 11.6 Å². The van der Waals surface area contributed by atoms with Crippen molar-refractivity contribution >= 4 is 45.6 Å². The summed E-state index contributed by atoms with van der Waals surface area (Å²) in [4.78, 5) is 16.2. The molecule has 0 aliphatic rings. The molecule has 0 saturated carbocycles. The van der Waals surface area contributed by atoms with Crippen molar-refractivity contribution in [2.45, 2.75) is 6.92 Å². The van der Waals surface area contributed by atoms with E-state index in [2.05, 4.69) is 10.3 Å². The first-order chi connectivity index (χ1) is 9.11. The second-order valence-electron chi connectivity index (χ2n) is 3.49. The number of ether oxygens (including phenoxy) is 1. The van der Waals surface area contributed by atoms with E-state index in [0.717, 1.165) is 0 Å². The number of hydrogen-bond acceptors (Lipinski definition) is 4. The van der Waals surface area contributed by atoms with E-state index in [9.17, 15) is 4.79 Å². The number of anilines is 1. The Morgan fingerprint density at radius 2 is 2.26 bits per heavy atom. The molecule has 100 valence electrons. The van der Waals surface area contributed by atoms with Gasteiger partial charge in [-0.1, -0.05) is 23.2 Å². The number of thiazole rings is 1. The number of nitrogens with one attached hydrogen (secondary N) is 1. The highest BCUT2D eigenvalue weighted by molar-refractivity contribution is 7.13. The van der Waals surface area contributed by atoms with E-state index in [4.69, 9.17) is 27.9 Å². The Labute approximate surface area is 124 Å². The standard InChI is InChI=1S/C12H10Cl2N2O2S/c1-2-18-10-8(5-7(13)6-9(10)14)11(17)16-12-15-3-4-19-12/h3-6H,2H2,1H3,(H,15,16,17). The van der Waals surface area contributed by atoms with Crippen molar-refractivity contribution in [2.75, 3.05) is 11.9 Å². The van der Waals surface area contributed by atoms with Crippen LogP contribution in [0.1, 0.15) is 17.3 Å². The van der Waals surface area contributed by atoms with Gasteiger partial charge in [0.25, 0.3) is 5.91 Å². The fourth-order valence-electron chi connectivity index (χ4n) is 1.47. The molecule has 1 N–H and O–H groups in total. The molecular formula is C12H10Cl2N2O2S. The zero-order valence-electron chi connectivity index (χ0n) is 9.94. The zero-order chi connectivity index (χ0) is 13.8. The minimum atomic E-state index is -0.359. The maximum Gasteiger partial charge on any atom is 0.261 e. The van der Waals surface area contributed by atoms with Crippen LogP contribution in [0.5, 0.6) is 5.75 Å². The van der Waals surface area contributed by atoms with E-state index in [0.29, 0.717) is 27.5 Å². The molecule has 1 aromatic heterocycles. The first-order valence-corrected chi connectivity index (χ1v) is 7.08. The van der Waals surface area contributed by atoms with E-state index in [-0.39, 0.29) is 11.5 Å². The molecule has 7 heteroatoms. The first kappa shape index (κ1) is 14.1. The highest BCUT2D eigenvalue weighted by Gasteiger charge is 2.18. The summed E-state index contributed by atoms with van der Waals surface area (Å²) in [5.41, 5.74) is 0.287. The van der Waals surface area contributed by atoms with Crippen molar-refractivity contribution in [3.8, 4) is 5.75 Å². The van der Waals surface area contributed by atoms with Crippen LogP contribution in [-0.2, 0) is 0 Å². The van der Waals surface area contributed by atoms with Gasteiger partial charge in [0.1, 0.15) is 0 Å². The predicted molar refractivity (Wildman–Crippen MR) is 77.7 cm³/mol. The number of halogens is 2. The van der Waals surface area contributed by atoms with Gasteiger partial charge in [0.2, 0.25) is 0 Å². The van der Waals surface area contributed by atoms with Gasteiger partial charge in [0.05, 0.1) is 17.2 Å². The first-order valence-electron chi connectivity index (χ1n) is 5.44. The number of carbonyl (C=O) groups excluding carboxylic acids is 1. The third kappa shape index (κ3) is 3.37. The summed E-state index contributed by atoms with van der Waals surface area (Å²) in [5, 5.41) is 5.61. The topological polar surface area (TPSA) is 51.2 Å². The Balaban J connectivity index is 2.34. The number of carbonyl (C=O) groups is 1. The molecule has 1 heterocycles.